The number of halogens is 1. The van der Waals surface area contributed by atoms with E-state index in [1.165, 1.54) is 16.4 Å². The molecule has 1 heterocycles. The van der Waals surface area contributed by atoms with Crippen LogP contribution in [0.5, 0.6) is 0 Å². The molecule has 3 aromatic carbocycles. The van der Waals surface area contributed by atoms with Crippen molar-refractivity contribution in [3.8, 4) is 0 Å². The molecule has 32 heavy (non-hydrogen) atoms. The standard InChI is InChI=1S/C22H24FN3O4S2/c23-21-7-3-4-8-22(21)25-12-14-26(15-13-25)31(27,28)16-11-24-32(29,30)20-10-9-18-5-1-2-6-19(18)17-20/h1-10,17,24H,11-16H2. The van der Waals surface area contributed by atoms with E-state index in [0.29, 0.717) is 18.8 Å². The van der Waals surface area contributed by atoms with Crippen LogP contribution < -0.4 is 9.62 Å². The molecule has 1 aliphatic rings. The minimum absolute atomic E-state index is 0.0899. The summed E-state index contributed by atoms with van der Waals surface area (Å²) in [6, 6.07) is 18.6. The van der Waals surface area contributed by atoms with Crippen molar-refractivity contribution in [3.63, 3.8) is 0 Å². The third kappa shape index (κ3) is 4.93. The number of benzene rings is 3. The molecule has 0 spiro atoms. The average Bonchev–Trinajstić information content (AvgIpc) is 2.79. The van der Waals surface area contributed by atoms with E-state index in [-0.39, 0.29) is 36.1 Å². The average molecular weight is 478 g/mol. The number of nitrogens with zero attached hydrogens (tertiary/aromatic N) is 2. The molecule has 0 bridgehead atoms. The van der Waals surface area contributed by atoms with Crippen molar-refractivity contribution in [2.24, 2.45) is 0 Å². The summed E-state index contributed by atoms with van der Waals surface area (Å²) >= 11 is 0. The minimum atomic E-state index is -3.84. The first-order valence-electron chi connectivity index (χ1n) is 10.2. The maximum absolute atomic E-state index is 14.0. The molecular weight excluding hydrogens is 453 g/mol. The molecule has 1 saturated heterocycles. The Hall–Kier alpha value is -2.53. The van der Waals surface area contributed by atoms with Crippen molar-refractivity contribution in [1.29, 1.82) is 0 Å². The van der Waals surface area contributed by atoms with E-state index < -0.39 is 20.0 Å². The lowest BCUT2D eigenvalue weighted by atomic mass is 10.1. The molecule has 1 aliphatic heterocycles. The maximum atomic E-state index is 14.0. The molecule has 10 heteroatoms. The first-order valence-corrected chi connectivity index (χ1v) is 13.3. The molecule has 0 aromatic heterocycles. The van der Waals surface area contributed by atoms with Gasteiger partial charge in [-0.25, -0.2) is 25.9 Å². The van der Waals surface area contributed by atoms with Crippen LogP contribution in [-0.4, -0.2) is 59.6 Å². The predicted molar refractivity (Wildman–Crippen MR) is 123 cm³/mol. The van der Waals surface area contributed by atoms with Crippen molar-refractivity contribution in [2.45, 2.75) is 4.90 Å². The normalized spacial score (nSPS) is 15.8. The van der Waals surface area contributed by atoms with Gasteiger partial charge in [0.05, 0.1) is 16.3 Å². The van der Waals surface area contributed by atoms with Crippen LogP contribution in [0.15, 0.2) is 71.6 Å². The Labute approximate surface area is 187 Å². The highest BCUT2D eigenvalue weighted by Crippen LogP contribution is 2.21. The summed E-state index contributed by atoms with van der Waals surface area (Å²) in [7, 11) is -7.49. The van der Waals surface area contributed by atoms with Gasteiger partial charge in [0.15, 0.2) is 0 Å². The fourth-order valence-electron chi connectivity index (χ4n) is 3.77. The maximum Gasteiger partial charge on any atom is 0.240 e. The van der Waals surface area contributed by atoms with E-state index in [1.54, 1.807) is 30.3 Å². The Kier molecular flexibility index (Phi) is 6.47. The van der Waals surface area contributed by atoms with Gasteiger partial charge in [0.25, 0.3) is 0 Å². The van der Waals surface area contributed by atoms with Gasteiger partial charge in [0.2, 0.25) is 20.0 Å². The van der Waals surface area contributed by atoms with Crippen LogP contribution in [0.4, 0.5) is 10.1 Å². The number of anilines is 1. The van der Waals surface area contributed by atoms with Crippen LogP contribution >= 0.6 is 0 Å². The summed E-state index contributed by atoms with van der Waals surface area (Å²) in [6.45, 7) is 0.930. The Balaban J connectivity index is 1.34. The Morgan fingerprint density at radius 3 is 2.19 bits per heavy atom. The molecule has 1 N–H and O–H groups in total. The van der Waals surface area contributed by atoms with Gasteiger partial charge in [0.1, 0.15) is 5.82 Å². The summed E-state index contributed by atoms with van der Waals surface area (Å²) in [5, 5.41) is 1.71. The summed E-state index contributed by atoms with van der Waals surface area (Å²) < 4.78 is 68.3. The van der Waals surface area contributed by atoms with Crippen LogP contribution in [0.25, 0.3) is 10.8 Å². The number of nitrogens with one attached hydrogen (secondary N) is 1. The van der Waals surface area contributed by atoms with E-state index in [4.69, 9.17) is 0 Å². The van der Waals surface area contributed by atoms with Crippen LogP contribution in [-0.2, 0) is 20.0 Å². The molecule has 0 atom stereocenters. The van der Waals surface area contributed by atoms with Gasteiger partial charge in [-0.2, -0.15) is 4.31 Å². The second kappa shape index (κ2) is 9.14. The summed E-state index contributed by atoms with van der Waals surface area (Å²) in [6.07, 6.45) is 0. The molecule has 0 amide bonds. The molecule has 0 saturated carbocycles. The van der Waals surface area contributed by atoms with Crippen molar-refractivity contribution in [2.75, 3.05) is 43.4 Å². The van der Waals surface area contributed by atoms with Gasteiger partial charge < -0.3 is 4.90 Å². The second-order valence-corrected chi connectivity index (χ2v) is 11.4. The molecule has 4 rings (SSSR count). The number of rotatable bonds is 7. The predicted octanol–water partition coefficient (Wildman–Crippen LogP) is 2.41. The van der Waals surface area contributed by atoms with Crippen molar-refractivity contribution < 1.29 is 21.2 Å². The molecular formula is C22H24FN3O4S2. The third-order valence-corrected chi connectivity index (χ3v) is 8.84. The van der Waals surface area contributed by atoms with E-state index in [0.717, 1.165) is 10.8 Å². The highest BCUT2D eigenvalue weighted by Gasteiger charge is 2.28. The fourth-order valence-corrected chi connectivity index (χ4v) is 6.30. The Bertz CT molecular complexity index is 1320. The summed E-state index contributed by atoms with van der Waals surface area (Å²) in [4.78, 5) is 1.90. The lowest BCUT2D eigenvalue weighted by Crippen LogP contribution is -2.50. The number of piperazine rings is 1. The highest BCUT2D eigenvalue weighted by atomic mass is 32.2. The topological polar surface area (TPSA) is 86.8 Å². The van der Waals surface area contributed by atoms with Crippen molar-refractivity contribution in [1.82, 2.24) is 9.03 Å². The smallest absolute Gasteiger partial charge is 0.240 e. The van der Waals surface area contributed by atoms with E-state index in [9.17, 15) is 21.2 Å². The molecule has 1 fully saturated rings. The summed E-state index contributed by atoms with van der Waals surface area (Å²) in [5.41, 5.74) is 0.452. The quantitative estimate of drug-likeness (QED) is 0.565. The van der Waals surface area contributed by atoms with Crippen LogP contribution in [0.3, 0.4) is 0 Å². The van der Waals surface area contributed by atoms with Crippen LogP contribution in [0.1, 0.15) is 0 Å². The number of para-hydroxylation sites is 1. The van der Waals surface area contributed by atoms with Gasteiger partial charge >= 0.3 is 0 Å². The molecule has 0 unspecified atom stereocenters. The Morgan fingerprint density at radius 2 is 1.47 bits per heavy atom. The molecule has 0 radical (unpaired) electrons. The largest absolute Gasteiger partial charge is 0.367 e. The van der Waals surface area contributed by atoms with E-state index >= 15 is 0 Å². The lowest BCUT2D eigenvalue weighted by Gasteiger charge is -2.35. The van der Waals surface area contributed by atoms with Gasteiger partial charge in [-0.1, -0.05) is 42.5 Å². The van der Waals surface area contributed by atoms with Gasteiger partial charge in [-0.3, -0.25) is 0 Å². The molecule has 0 aliphatic carbocycles. The molecule has 3 aromatic rings. The van der Waals surface area contributed by atoms with Gasteiger partial charge in [0, 0.05) is 32.7 Å². The van der Waals surface area contributed by atoms with Crippen LogP contribution in [0.2, 0.25) is 0 Å². The van der Waals surface area contributed by atoms with Crippen molar-refractivity contribution in [3.05, 3.63) is 72.5 Å². The molecule has 7 nitrogen and oxygen atoms in total. The summed E-state index contributed by atoms with van der Waals surface area (Å²) in [5.74, 6) is -0.689. The number of hydrogen-bond donors (Lipinski definition) is 1. The lowest BCUT2D eigenvalue weighted by molar-refractivity contribution is 0.383. The highest BCUT2D eigenvalue weighted by molar-refractivity contribution is 7.90. The fraction of sp³-hybridized carbons (Fsp3) is 0.273. The zero-order valence-electron chi connectivity index (χ0n) is 17.3. The molecule has 170 valence electrons. The van der Waals surface area contributed by atoms with E-state index in [2.05, 4.69) is 4.72 Å². The monoisotopic (exact) mass is 477 g/mol. The Morgan fingerprint density at radius 1 is 0.812 bits per heavy atom. The third-order valence-electron chi connectivity index (χ3n) is 5.51. The SMILES string of the molecule is O=S(=O)(NCCS(=O)(=O)N1CCN(c2ccccc2F)CC1)c1ccc2ccccc2c1. The number of fused-ring (bicyclic) bond motifs is 1. The first kappa shape index (κ1) is 22.7. The van der Waals surface area contributed by atoms with Gasteiger partial charge in [-0.15, -0.1) is 0 Å². The van der Waals surface area contributed by atoms with Gasteiger partial charge in [-0.05, 0) is 35.0 Å². The number of hydrogen-bond acceptors (Lipinski definition) is 5. The second-order valence-electron chi connectivity index (χ2n) is 7.56. The van der Waals surface area contributed by atoms with Crippen LogP contribution in [0, 0.1) is 5.82 Å². The first-order chi connectivity index (χ1) is 15.3. The zero-order valence-corrected chi connectivity index (χ0v) is 18.9. The minimum Gasteiger partial charge on any atom is -0.367 e. The van der Waals surface area contributed by atoms with Crippen molar-refractivity contribution >= 4 is 36.5 Å². The number of sulfonamides is 2. The zero-order chi connectivity index (χ0) is 22.8. The van der Waals surface area contributed by atoms with E-state index in [1.807, 2.05) is 29.2 Å².